The Hall–Kier alpha value is -4.22. The summed E-state index contributed by atoms with van der Waals surface area (Å²) in [5, 5.41) is 15.9. The lowest BCUT2D eigenvalue weighted by Gasteiger charge is -2.26. The molecule has 1 unspecified atom stereocenters. The van der Waals surface area contributed by atoms with Crippen LogP contribution >= 0.6 is 11.8 Å². The van der Waals surface area contributed by atoms with Crippen molar-refractivity contribution < 1.29 is 19.1 Å². The normalized spacial score (nSPS) is 15.0. The van der Waals surface area contributed by atoms with Crippen molar-refractivity contribution in [3.8, 4) is 23.3 Å². The van der Waals surface area contributed by atoms with E-state index < -0.39 is 5.92 Å². The van der Waals surface area contributed by atoms with Crippen LogP contribution in [-0.2, 0) is 9.59 Å². The number of allylic oxidation sites excluding steroid dienone is 1. The first kappa shape index (κ1) is 24.9. The molecule has 0 saturated carbocycles. The zero-order valence-corrected chi connectivity index (χ0v) is 20.5. The van der Waals surface area contributed by atoms with Crippen LogP contribution in [0.2, 0.25) is 0 Å². The number of carbonyl (C=O) groups is 2. The van der Waals surface area contributed by atoms with Gasteiger partial charge in [-0.25, -0.2) is 0 Å². The van der Waals surface area contributed by atoms with E-state index in [0.29, 0.717) is 34.4 Å². The van der Waals surface area contributed by atoms with Gasteiger partial charge in [0.15, 0.2) is 0 Å². The van der Waals surface area contributed by atoms with Crippen LogP contribution in [0.1, 0.15) is 24.8 Å². The molecule has 2 N–H and O–H groups in total. The number of rotatable bonds is 9. The quantitative estimate of drug-likeness (QED) is 0.398. The average molecular weight is 500 g/mol. The summed E-state index contributed by atoms with van der Waals surface area (Å²) in [5.74, 6) is 1.16. The highest BCUT2D eigenvalue weighted by molar-refractivity contribution is 8.03. The first-order chi connectivity index (χ1) is 17.6. The molecule has 0 saturated heterocycles. The highest BCUT2D eigenvalue weighted by Crippen LogP contribution is 2.39. The third kappa shape index (κ3) is 6.26. The number of anilines is 1. The van der Waals surface area contributed by atoms with Gasteiger partial charge >= 0.3 is 0 Å². The number of ether oxygens (including phenoxy) is 2. The van der Waals surface area contributed by atoms with E-state index in [0.717, 1.165) is 23.1 Å². The summed E-state index contributed by atoms with van der Waals surface area (Å²) in [6.45, 7) is 2.36. The fourth-order valence-corrected chi connectivity index (χ4v) is 4.70. The molecule has 4 rings (SSSR count). The fraction of sp³-hybridized carbons (Fsp3) is 0.179. The highest BCUT2D eigenvalue weighted by Gasteiger charge is 2.31. The Bertz CT molecular complexity index is 1300. The van der Waals surface area contributed by atoms with Crippen LogP contribution in [0.3, 0.4) is 0 Å². The monoisotopic (exact) mass is 499 g/mol. The molecule has 0 radical (unpaired) electrons. The molecule has 3 aromatic rings. The maximum Gasteiger partial charge on any atom is 0.234 e. The number of hydrogen-bond donors (Lipinski definition) is 2. The number of benzene rings is 3. The van der Waals surface area contributed by atoms with Gasteiger partial charge in [0.2, 0.25) is 11.8 Å². The Kier molecular flexibility index (Phi) is 8.27. The van der Waals surface area contributed by atoms with E-state index in [9.17, 15) is 14.9 Å². The molecule has 1 aliphatic heterocycles. The Morgan fingerprint density at radius 2 is 1.75 bits per heavy atom. The number of nitrogens with zero attached hydrogens (tertiary/aromatic N) is 1. The Morgan fingerprint density at radius 1 is 1.06 bits per heavy atom. The van der Waals surface area contributed by atoms with Gasteiger partial charge in [-0.2, -0.15) is 5.26 Å². The maximum absolute atomic E-state index is 12.6. The van der Waals surface area contributed by atoms with Crippen molar-refractivity contribution in [3.63, 3.8) is 0 Å². The largest absolute Gasteiger partial charge is 0.494 e. The molecule has 1 aliphatic rings. The Labute approximate surface area is 214 Å². The molecule has 0 spiro atoms. The predicted octanol–water partition coefficient (Wildman–Crippen LogP) is 5.59. The Morgan fingerprint density at radius 3 is 2.47 bits per heavy atom. The van der Waals surface area contributed by atoms with E-state index in [1.54, 1.807) is 24.3 Å². The second kappa shape index (κ2) is 12.0. The zero-order valence-electron chi connectivity index (χ0n) is 19.7. The van der Waals surface area contributed by atoms with Gasteiger partial charge in [0.05, 0.1) is 29.0 Å². The molecular weight excluding hydrogens is 474 g/mol. The van der Waals surface area contributed by atoms with Crippen molar-refractivity contribution in [2.45, 2.75) is 19.3 Å². The number of hydrogen-bond acceptors (Lipinski definition) is 6. The van der Waals surface area contributed by atoms with Gasteiger partial charge in [0.1, 0.15) is 17.2 Å². The summed E-state index contributed by atoms with van der Waals surface area (Å²) in [6, 6.07) is 26.1. The van der Waals surface area contributed by atoms with E-state index >= 15 is 0 Å². The molecule has 182 valence electrons. The van der Waals surface area contributed by atoms with Crippen LogP contribution in [-0.4, -0.2) is 24.2 Å². The van der Waals surface area contributed by atoms with Gasteiger partial charge in [-0.15, -0.1) is 0 Å². The topological polar surface area (TPSA) is 100 Å². The average Bonchev–Trinajstić information content (AvgIpc) is 2.89. The summed E-state index contributed by atoms with van der Waals surface area (Å²) >= 11 is 1.13. The third-order valence-electron chi connectivity index (χ3n) is 5.41. The number of para-hydroxylation sites is 2. The molecule has 36 heavy (non-hydrogen) atoms. The highest BCUT2D eigenvalue weighted by atomic mass is 32.2. The molecule has 0 bridgehead atoms. The molecule has 2 amide bonds. The van der Waals surface area contributed by atoms with E-state index in [4.69, 9.17) is 9.47 Å². The second-order valence-corrected chi connectivity index (χ2v) is 8.89. The zero-order chi connectivity index (χ0) is 25.3. The van der Waals surface area contributed by atoms with Crippen LogP contribution in [0.5, 0.6) is 17.2 Å². The summed E-state index contributed by atoms with van der Waals surface area (Å²) in [7, 11) is 0. The van der Waals surface area contributed by atoms with Crippen LogP contribution in [0.15, 0.2) is 89.5 Å². The maximum atomic E-state index is 12.6. The summed E-state index contributed by atoms with van der Waals surface area (Å²) in [4.78, 5) is 25.1. The van der Waals surface area contributed by atoms with Gasteiger partial charge in [-0.1, -0.05) is 48.2 Å². The smallest absolute Gasteiger partial charge is 0.234 e. The van der Waals surface area contributed by atoms with Crippen molar-refractivity contribution >= 4 is 29.3 Å². The summed E-state index contributed by atoms with van der Waals surface area (Å²) < 4.78 is 11.5. The van der Waals surface area contributed by atoms with Crippen LogP contribution in [0, 0.1) is 11.3 Å². The van der Waals surface area contributed by atoms with Crippen molar-refractivity contribution in [3.05, 3.63) is 95.0 Å². The molecule has 0 aliphatic carbocycles. The number of carbonyl (C=O) groups excluding carboxylic acids is 2. The minimum atomic E-state index is -0.436. The van der Waals surface area contributed by atoms with E-state index in [1.165, 1.54) is 0 Å². The van der Waals surface area contributed by atoms with E-state index in [-0.39, 0.29) is 24.0 Å². The third-order valence-corrected chi connectivity index (χ3v) is 6.43. The number of nitriles is 1. The van der Waals surface area contributed by atoms with Crippen molar-refractivity contribution in [1.29, 1.82) is 5.26 Å². The molecule has 1 atom stereocenters. The van der Waals surface area contributed by atoms with Crippen molar-refractivity contribution in [1.82, 2.24) is 5.32 Å². The first-order valence-corrected chi connectivity index (χ1v) is 12.5. The lowest BCUT2D eigenvalue weighted by atomic mass is 9.86. The van der Waals surface area contributed by atoms with Crippen molar-refractivity contribution in [2.24, 2.45) is 0 Å². The first-order valence-electron chi connectivity index (χ1n) is 11.5. The number of nitrogens with one attached hydrogen (secondary N) is 2. The van der Waals surface area contributed by atoms with Gasteiger partial charge in [0, 0.05) is 23.6 Å². The van der Waals surface area contributed by atoms with Gasteiger partial charge in [-0.3, -0.25) is 9.59 Å². The molecule has 7 nitrogen and oxygen atoms in total. The molecular formula is C28H25N3O4S. The molecule has 8 heteroatoms. The van der Waals surface area contributed by atoms with Gasteiger partial charge in [0.25, 0.3) is 0 Å². The Balaban J connectivity index is 1.41. The standard InChI is InChI=1S/C28H25N3O4S/c1-2-34-25-11-7-6-10-22(25)23-16-26(32)31-28(24(23)17-29)36-18-27(33)30-19-12-14-21(15-13-19)35-20-8-4-3-5-9-20/h3-15,23H,2,16,18H2,1H3,(H,30,33)(H,31,32). The molecule has 0 fully saturated rings. The predicted molar refractivity (Wildman–Crippen MR) is 140 cm³/mol. The van der Waals surface area contributed by atoms with Crippen molar-refractivity contribution in [2.75, 3.05) is 17.7 Å². The summed E-state index contributed by atoms with van der Waals surface area (Å²) in [5.41, 5.74) is 1.82. The van der Waals surface area contributed by atoms with Gasteiger partial charge < -0.3 is 20.1 Å². The van der Waals surface area contributed by atoms with Crippen LogP contribution in [0.25, 0.3) is 0 Å². The minimum absolute atomic E-state index is 0.0306. The molecule has 3 aromatic carbocycles. The minimum Gasteiger partial charge on any atom is -0.494 e. The summed E-state index contributed by atoms with van der Waals surface area (Å²) in [6.07, 6.45) is 0.140. The number of amides is 2. The van der Waals surface area contributed by atoms with Gasteiger partial charge in [-0.05, 0) is 49.4 Å². The lowest BCUT2D eigenvalue weighted by molar-refractivity contribution is -0.121. The van der Waals surface area contributed by atoms with E-state index in [1.807, 2.05) is 61.5 Å². The van der Waals surface area contributed by atoms with Crippen LogP contribution in [0.4, 0.5) is 5.69 Å². The fourth-order valence-electron chi connectivity index (χ4n) is 3.82. The lowest BCUT2D eigenvalue weighted by Crippen LogP contribution is -2.31. The molecule has 0 aromatic heterocycles. The SMILES string of the molecule is CCOc1ccccc1C1CC(=O)NC(SCC(=O)Nc2ccc(Oc3ccccc3)cc2)=C1C#N. The van der Waals surface area contributed by atoms with E-state index in [2.05, 4.69) is 16.7 Å². The second-order valence-electron chi connectivity index (χ2n) is 7.91. The number of thioether (sulfide) groups is 1. The van der Waals surface area contributed by atoms with Crippen LogP contribution < -0.4 is 20.1 Å². The molecule has 1 heterocycles.